The number of aromatic amines is 1. The molecule has 11 heteroatoms. The van der Waals surface area contributed by atoms with E-state index in [4.69, 9.17) is 4.98 Å². The van der Waals surface area contributed by atoms with Gasteiger partial charge in [-0.15, -0.1) is 0 Å². The van der Waals surface area contributed by atoms with Gasteiger partial charge < -0.3 is 20.4 Å². The summed E-state index contributed by atoms with van der Waals surface area (Å²) in [6.07, 6.45) is 8.68. The van der Waals surface area contributed by atoms with Crippen LogP contribution < -0.4 is 10.6 Å². The van der Waals surface area contributed by atoms with Crippen LogP contribution in [0, 0.1) is 0 Å². The number of likely N-dealkylation sites (N-methyl/N-ethyl adjacent to an activating group) is 1. The molecule has 0 spiro atoms. The van der Waals surface area contributed by atoms with Crippen molar-refractivity contribution in [2.45, 2.75) is 39.3 Å². The van der Waals surface area contributed by atoms with Crippen molar-refractivity contribution >= 4 is 34.4 Å². The molecule has 0 bridgehead atoms. The van der Waals surface area contributed by atoms with Gasteiger partial charge in [-0.2, -0.15) is 20.2 Å². The van der Waals surface area contributed by atoms with Crippen LogP contribution in [0.4, 0.5) is 17.5 Å². The number of carbonyl (C=O) groups excluding carboxylic acids is 1. The minimum atomic E-state index is -0.0435. The first kappa shape index (κ1) is 22.7. The Morgan fingerprint density at radius 2 is 2.18 bits per heavy atom. The Labute approximate surface area is 193 Å². The van der Waals surface area contributed by atoms with Gasteiger partial charge in [0.2, 0.25) is 11.9 Å². The summed E-state index contributed by atoms with van der Waals surface area (Å²) in [6.45, 7) is 13.1. The molecule has 3 N–H and O–H groups in total. The second-order valence-corrected chi connectivity index (χ2v) is 8.14. The summed E-state index contributed by atoms with van der Waals surface area (Å²) in [5, 5.41) is 19.0. The number of nitrogens with zero attached hydrogens (tertiary/aromatic N) is 7. The molecule has 0 aliphatic carbocycles. The summed E-state index contributed by atoms with van der Waals surface area (Å²) in [6, 6.07) is 0.0892. The molecule has 0 aromatic carbocycles. The molecule has 1 amide bonds. The lowest BCUT2D eigenvalue weighted by Crippen LogP contribution is -2.44. The van der Waals surface area contributed by atoms with Gasteiger partial charge in [0.25, 0.3) is 0 Å². The first-order valence-corrected chi connectivity index (χ1v) is 11.5. The highest BCUT2D eigenvalue weighted by molar-refractivity contribution is 5.88. The zero-order valence-corrected chi connectivity index (χ0v) is 19.3. The van der Waals surface area contributed by atoms with Crippen LogP contribution in [0.5, 0.6) is 0 Å². The Bertz CT molecular complexity index is 1090. The van der Waals surface area contributed by atoms with E-state index in [0.717, 1.165) is 56.6 Å². The van der Waals surface area contributed by atoms with E-state index in [9.17, 15) is 4.79 Å². The number of carbonyl (C=O) groups is 1. The molecule has 4 heterocycles. The summed E-state index contributed by atoms with van der Waals surface area (Å²) in [4.78, 5) is 25.5. The number of fused-ring (bicyclic) bond motifs is 1. The molecule has 3 aromatic rings. The van der Waals surface area contributed by atoms with Gasteiger partial charge in [-0.05, 0) is 32.0 Å². The van der Waals surface area contributed by atoms with Crippen molar-refractivity contribution in [1.82, 2.24) is 39.7 Å². The quantitative estimate of drug-likeness (QED) is 0.401. The van der Waals surface area contributed by atoms with Crippen LogP contribution in [0.1, 0.15) is 26.7 Å². The van der Waals surface area contributed by atoms with E-state index in [1.54, 1.807) is 12.4 Å². The Kier molecular flexibility index (Phi) is 7.18. The molecule has 0 unspecified atom stereocenters. The molecule has 0 saturated carbocycles. The van der Waals surface area contributed by atoms with Crippen molar-refractivity contribution in [2.24, 2.45) is 0 Å². The molecule has 176 valence electrons. The molecule has 1 fully saturated rings. The summed E-state index contributed by atoms with van der Waals surface area (Å²) >= 11 is 0. The third-order valence-corrected chi connectivity index (χ3v) is 5.99. The van der Waals surface area contributed by atoms with Crippen LogP contribution in [0.3, 0.4) is 0 Å². The third-order valence-electron chi connectivity index (χ3n) is 5.99. The minimum Gasteiger partial charge on any atom is -0.365 e. The average molecular weight is 453 g/mol. The lowest BCUT2D eigenvalue weighted by atomic mass is 10.1. The summed E-state index contributed by atoms with van der Waals surface area (Å²) < 4.78 is 1.92. The van der Waals surface area contributed by atoms with Crippen LogP contribution in [-0.4, -0.2) is 84.4 Å². The van der Waals surface area contributed by atoms with Crippen LogP contribution in [0.15, 0.2) is 31.2 Å². The second-order valence-electron chi connectivity index (χ2n) is 8.14. The smallest absolute Gasteiger partial charge is 0.246 e. The highest BCUT2D eigenvalue weighted by Crippen LogP contribution is 2.24. The Morgan fingerprint density at radius 1 is 1.33 bits per heavy atom. The molecule has 11 nitrogen and oxygen atoms in total. The van der Waals surface area contributed by atoms with Gasteiger partial charge in [-0.25, -0.2) is 0 Å². The standard InChI is InChI=1S/C22H32N10O/c1-4-19(33)31-9-7-8-16(14-31)25-20-18-13-23-29-21(18)28-22(27-20)26-17-12-24-32(15-17)11-10-30(5-2)6-3/h4,12-13,15-16H,1,5-11,14H2,2-3H3,(H3,23,25,26,27,28,29)/t16-/m1/s1. The number of hydrogen-bond donors (Lipinski definition) is 3. The first-order valence-electron chi connectivity index (χ1n) is 11.5. The molecule has 1 aliphatic rings. The topological polar surface area (TPSA) is 120 Å². The third kappa shape index (κ3) is 5.48. The van der Waals surface area contributed by atoms with Crippen LogP contribution >= 0.6 is 0 Å². The predicted molar refractivity (Wildman–Crippen MR) is 128 cm³/mol. The first-order chi connectivity index (χ1) is 16.1. The number of piperidine rings is 1. The van der Waals surface area contributed by atoms with E-state index < -0.39 is 0 Å². The Hall–Kier alpha value is -3.47. The number of H-pyrrole nitrogens is 1. The highest BCUT2D eigenvalue weighted by Gasteiger charge is 2.23. The lowest BCUT2D eigenvalue weighted by molar-refractivity contribution is -0.127. The largest absolute Gasteiger partial charge is 0.365 e. The summed E-state index contributed by atoms with van der Waals surface area (Å²) in [5.74, 6) is 1.09. The monoisotopic (exact) mass is 452 g/mol. The molecule has 0 radical (unpaired) electrons. The normalized spacial score (nSPS) is 16.3. The van der Waals surface area contributed by atoms with Gasteiger partial charge in [0.1, 0.15) is 5.82 Å². The van der Waals surface area contributed by atoms with Crippen LogP contribution in [0.2, 0.25) is 0 Å². The second kappa shape index (κ2) is 10.4. The number of amides is 1. The number of hydrogen-bond acceptors (Lipinski definition) is 8. The van der Waals surface area contributed by atoms with E-state index in [2.05, 4.69) is 56.2 Å². The van der Waals surface area contributed by atoms with Crippen molar-refractivity contribution < 1.29 is 4.79 Å². The van der Waals surface area contributed by atoms with Crippen molar-refractivity contribution in [3.63, 3.8) is 0 Å². The van der Waals surface area contributed by atoms with Crippen LogP contribution in [0.25, 0.3) is 11.0 Å². The molecule has 1 aliphatic heterocycles. The maximum Gasteiger partial charge on any atom is 0.246 e. The molecule has 1 saturated heterocycles. The molecular formula is C22H32N10O. The number of likely N-dealkylation sites (tertiary alicyclic amines) is 1. The van der Waals surface area contributed by atoms with Gasteiger partial charge in [0.05, 0.1) is 30.0 Å². The van der Waals surface area contributed by atoms with E-state index in [1.165, 1.54) is 6.08 Å². The van der Waals surface area contributed by atoms with Gasteiger partial charge in [-0.3, -0.25) is 14.6 Å². The molecular weight excluding hydrogens is 420 g/mol. The zero-order valence-electron chi connectivity index (χ0n) is 19.3. The van der Waals surface area contributed by atoms with Crippen molar-refractivity contribution in [2.75, 3.05) is 43.4 Å². The van der Waals surface area contributed by atoms with Gasteiger partial charge >= 0.3 is 0 Å². The molecule has 1 atom stereocenters. The van der Waals surface area contributed by atoms with E-state index >= 15 is 0 Å². The van der Waals surface area contributed by atoms with E-state index in [0.29, 0.717) is 24.0 Å². The van der Waals surface area contributed by atoms with E-state index in [-0.39, 0.29) is 11.9 Å². The minimum absolute atomic E-state index is 0.0435. The molecule has 3 aromatic heterocycles. The maximum atomic E-state index is 12.0. The highest BCUT2D eigenvalue weighted by atomic mass is 16.2. The number of anilines is 3. The van der Waals surface area contributed by atoms with Crippen molar-refractivity contribution in [1.29, 1.82) is 0 Å². The fourth-order valence-corrected chi connectivity index (χ4v) is 4.08. The fourth-order valence-electron chi connectivity index (χ4n) is 4.08. The predicted octanol–water partition coefficient (Wildman–Crippen LogP) is 2.22. The fraction of sp³-hybridized carbons (Fsp3) is 0.500. The number of rotatable bonds is 10. The summed E-state index contributed by atoms with van der Waals surface area (Å²) in [7, 11) is 0. The number of aromatic nitrogens is 6. The molecule has 33 heavy (non-hydrogen) atoms. The maximum absolute atomic E-state index is 12.0. The summed E-state index contributed by atoms with van der Waals surface area (Å²) in [5.41, 5.74) is 1.46. The van der Waals surface area contributed by atoms with Gasteiger partial charge in [0.15, 0.2) is 5.65 Å². The zero-order chi connectivity index (χ0) is 23.2. The number of nitrogens with one attached hydrogen (secondary N) is 3. The van der Waals surface area contributed by atoms with E-state index in [1.807, 2.05) is 15.8 Å². The average Bonchev–Trinajstić information content (AvgIpc) is 3.49. The van der Waals surface area contributed by atoms with Crippen LogP contribution in [-0.2, 0) is 11.3 Å². The van der Waals surface area contributed by atoms with Gasteiger partial charge in [0, 0.05) is 31.9 Å². The Morgan fingerprint density at radius 3 is 2.97 bits per heavy atom. The lowest BCUT2D eigenvalue weighted by Gasteiger charge is -2.32. The Balaban J connectivity index is 1.47. The molecule has 4 rings (SSSR count). The van der Waals surface area contributed by atoms with Gasteiger partial charge in [-0.1, -0.05) is 20.4 Å². The van der Waals surface area contributed by atoms with Crippen molar-refractivity contribution in [3.05, 3.63) is 31.2 Å². The SMILES string of the molecule is C=CC(=O)N1CCC[C@@H](Nc2nc(Nc3cnn(CCN(CC)CC)c3)nc3[nH]ncc23)C1. The van der Waals surface area contributed by atoms with Crippen molar-refractivity contribution in [3.8, 4) is 0 Å².